The van der Waals surface area contributed by atoms with Gasteiger partial charge in [-0.3, -0.25) is 4.79 Å². The molecule has 1 N–H and O–H groups in total. The Labute approximate surface area is 135 Å². The van der Waals surface area contributed by atoms with Crippen LogP contribution in [0, 0.1) is 11.3 Å². The minimum atomic E-state index is -0.0386. The third-order valence-electron chi connectivity index (χ3n) is 4.05. The largest absolute Gasteiger partial charge is 0.381 e. The molecule has 1 heterocycles. The highest BCUT2D eigenvalue weighted by Crippen LogP contribution is 2.20. The van der Waals surface area contributed by atoms with Gasteiger partial charge in [-0.15, -0.1) is 0 Å². The molecule has 0 unspecified atom stereocenters. The normalized spacial score (nSPS) is 14.9. The third kappa shape index (κ3) is 3.77. The van der Waals surface area contributed by atoms with Crippen LogP contribution in [0.4, 0.5) is 0 Å². The second-order valence-electron chi connectivity index (χ2n) is 5.63. The predicted octanol–water partition coefficient (Wildman–Crippen LogP) is 3.13. The number of nitriles is 1. The van der Waals surface area contributed by atoms with Crippen LogP contribution in [-0.4, -0.2) is 25.2 Å². The van der Waals surface area contributed by atoms with E-state index in [0.29, 0.717) is 24.3 Å². The molecule has 4 heteroatoms. The monoisotopic (exact) mass is 306 g/mol. The molecule has 0 aliphatic carbocycles. The fraction of sp³-hybridized carbons (Fsp3) is 0.263. The molecule has 3 rings (SSSR count). The number of amides is 1. The van der Waals surface area contributed by atoms with Gasteiger partial charge in [-0.2, -0.15) is 5.26 Å². The summed E-state index contributed by atoms with van der Waals surface area (Å²) in [5.41, 5.74) is 3.35. The van der Waals surface area contributed by atoms with E-state index in [4.69, 9.17) is 10.00 Å². The highest BCUT2D eigenvalue weighted by Gasteiger charge is 2.16. The lowest BCUT2D eigenvalue weighted by Gasteiger charge is -2.23. The molecule has 1 fully saturated rings. The van der Waals surface area contributed by atoms with Crippen LogP contribution in [0.3, 0.4) is 0 Å². The maximum atomic E-state index is 12.3. The van der Waals surface area contributed by atoms with Crippen molar-refractivity contribution in [2.45, 2.75) is 18.9 Å². The summed E-state index contributed by atoms with van der Waals surface area (Å²) < 4.78 is 5.30. The average molecular weight is 306 g/mol. The highest BCUT2D eigenvalue weighted by molar-refractivity contribution is 5.94. The van der Waals surface area contributed by atoms with Crippen molar-refractivity contribution in [2.24, 2.45) is 0 Å². The van der Waals surface area contributed by atoms with E-state index in [2.05, 4.69) is 11.4 Å². The molecule has 0 atom stereocenters. The number of carbonyl (C=O) groups excluding carboxylic acids is 1. The number of nitrogens with zero attached hydrogens (tertiary/aromatic N) is 1. The van der Waals surface area contributed by atoms with Crippen molar-refractivity contribution in [1.29, 1.82) is 5.26 Å². The van der Waals surface area contributed by atoms with Gasteiger partial charge >= 0.3 is 0 Å². The second-order valence-corrected chi connectivity index (χ2v) is 5.63. The second kappa shape index (κ2) is 7.08. The minimum absolute atomic E-state index is 0.0386. The molecule has 23 heavy (non-hydrogen) atoms. The van der Waals surface area contributed by atoms with Crippen LogP contribution in [0.2, 0.25) is 0 Å². The van der Waals surface area contributed by atoms with Crippen molar-refractivity contribution in [3.8, 4) is 17.2 Å². The van der Waals surface area contributed by atoms with Gasteiger partial charge < -0.3 is 10.1 Å². The molecule has 0 radical (unpaired) electrons. The Morgan fingerprint density at radius 3 is 2.13 bits per heavy atom. The summed E-state index contributed by atoms with van der Waals surface area (Å²) in [4.78, 5) is 12.3. The van der Waals surface area contributed by atoms with Crippen molar-refractivity contribution in [1.82, 2.24) is 5.32 Å². The first kappa shape index (κ1) is 15.3. The van der Waals surface area contributed by atoms with Gasteiger partial charge in [-0.05, 0) is 48.2 Å². The van der Waals surface area contributed by atoms with Crippen LogP contribution < -0.4 is 5.32 Å². The van der Waals surface area contributed by atoms with E-state index in [1.165, 1.54) is 0 Å². The van der Waals surface area contributed by atoms with Gasteiger partial charge in [0.2, 0.25) is 0 Å². The summed E-state index contributed by atoms with van der Waals surface area (Å²) >= 11 is 0. The summed E-state index contributed by atoms with van der Waals surface area (Å²) in [7, 11) is 0. The highest BCUT2D eigenvalue weighted by atomic mass is 16.5. The summed E-state index contributed by atoms with van der Waals surface area (Å²) in [6, 6.07) is 17.3. The Morgan fingerprint density at radius 1 is 1.00 bits per heavy atom. The lowest BCUT2D eigenvalue weighted by Crippen LogP contribution is -2.38. The van der Waals surface area contributed by atoms with Gasteiger partial charge in [-0.25, -0.2) is 0 Å². The van der Waals surface area contributed by atoms with Crippen LogP contribution in [0.1, 0.15) is 28.8 Å². The van der Waals surface area contributed by atoms with Crippen LogP contribution in [0.25, 0.3) is 11.1 Å². The molecule has 0 aromatic heterocycles. The number of benzene rings is 2. The van der Waals surface area contributed by atoms with Crippen molar-refractivity contribution < 1.29 is 9.53 Å². The van der Waals surface area contributed by atoms with E-state index in [1.54, 1.807) is 12.1 Å². The lowest BCUT2D eigenvalue weighted by atomic mass is 10.0. The number of hydrogen-bond acceptors (Lipinski definition) is 3. The first-order chi connectivity index (χ1) is 11.3. The molecule has 1 aliphatic rings. The van der Waals surface area contributed by atoms with Gasteiger partial charge in [0, 0.05) is 24.8 Å². The summed E-state index contributed by atoms with van der Waals surface area (Å²) in [6.07, 6.45) is 1.74. The Bertz CT molecular complexity index is 709. The molecule has 4 nitrogen and oxygen atoms in total. The number of nitrogens with one attached hydrogen (secondary N) is 1. The topological polar surface area (TPSA) is 62.1 Å². The fourth-order valence-corrected chi connectivity index (χ4v) is 2.66. The molecule has 2 aromatic carbocycles. The number of carbonyl (C=O) groups is 1. The number of hydrogen-bond donors (Lipinski definition) is 1. The summed E-state index contributed by atoms with van der Waals surface area (Å²) in [6.45, 7) is 1.42. The Morgan fingerprint density at radius 2 is 1.57 bits per heavy atom. The van der Waals surface area contributed by atoms with E-state index >= 15 is 0 Å². The van der Waals surface area contributed by atoms with Gasteiger partial charge in [-0.1, -0.05) is 24.3 Å². The maximum Gasteiger partial charge on any atom is 0.251 e. The predicted molar refractivity (Wildman–Crippen MR) is 87.9 cm³/mol. The molecule has 116 valence electrons. The van der Waals surface area contributed by atoms with E-state index in [0.717, 1.165) is 24.0 Å². The van der Waals surface area contributed by atoms with Crippen molar-refractivity contribution in [3.05, 3.63) is 59.7 Å². The zero-order valence-electron chi connectivity index (χ0n) is 12.8. The van der Waals surface area contributed by atoms with Crippen molar-refractivity contribution in [3.63, 3.8) is 0 Å². The van der Waals surface area contributed by atoms with E-state index in [9.17, 15) is 4.79 Å². The van der Waals surface area contributed by atoms with Crippen LogP contribution in [0.5, 0.6) is 0 Å². The SMILES string of the molecule is N#Cc1ccc(-c2ccc(C(=O)NC3CCOCC3)cc2)cc1. The number of ether oxygens (including phenoxy) is 1. The summed E-state index contributed by atoms with van der Waals surface area (Å²) in [5.74, 6) is -0.0386. The molecular weight excluding hydrogens is 288 g/mol. The molecular formula is C19H18N2O2. The van der Waals surface area contributed by atoms with Crippen molar-refractivity contribution in [2.75, 3.05) is 13.2 Å². The number of rotatable bonds is 3. The minimum Gasteiger partial charge on any atom is -0.381 e. The Kier molecular flexibility index (Phi) is 4.70. The van der Waals surface area contributed by atoms with Gasteiger partial charge in [0.25, 0.3) is 5.91 Å². The van der Waals surface area contributed by atoms with Crippen LogP contribution in [0.15, 0.2) is 48.5 Å². The molecule has 1 aliphatic heterocycles. The molecule has 0 spiro atoms. The van der Waals surface area contributed by atoms with Crippen LogP contribution in [-0.2, 0) is 4.74 Å². The molecule has 2 aromatic rings. The van der Waals surface area contributed by atoms with Gasteiger partial charge in [0.05, 0.1) is 11.6 Å². The van der Waals surface area contributed by atoms with E-state index in [1.807, 2.05) is 36.4 Å². The molecule has 1 amide bonds. The summed E-state index contributed by atoms with van der Waals surface area (Å²) in [5, 5.41) is 11.9. The maximum absolute atomic E-state index is 12.3. The molecule has 1 saturated heterocycles. The molecule has 0 saturated carbocycles. The smallest absolute Gasteiger partial charge is 0.251 e. The van der Waals surface area contributed by atoms with Crippen LogP contribution >= 0.6 is 0 Å². The Hall–Kier alpha value is -2.64. The standard InChI is InChI=1S/C19H18N2O2/c20-13-14-1-3-15(4-2-14)16-5-7-17(8-6-16)19(22)21-18-9-11-23-12-10-18/h1-8,18H,9-12H2,(H,21,22). The lowest BCUT2D eigenvalue weighted by molar-refractivity contribution is 0.0696. The molecule has 0 bridgehead atoms. The zero-order chi connectivity index (χ0) is 16.1. The quantitative estimate of drug-likeness (QED) is 0.947. The zero-order valence-corrected chi connectivity index (χ0v) is 12.8. The van der Waals surface area contributed by atoms with Gasteiger partial charge in [0.15, 0.2) is 0 Å². The first-order valence-electron chi connectivity index (χ1n) is 7.75. The van der Waals surface area contributed by atoms with E-state index in [-0.39, 0.29) is 11.9 Å². The van der Waals surface area contributed by atoms with Crippen molar-refractivity contribution >= 4 is 5.91 Å². The van der Waals surface area contributed by atoms with E-state index < -0.39 is 0 Å². The van der Waals surface area contributed by atoms with Gasteiger partial charge in [0.1, 0.15) is 0 Å². The fourth-order valence-electron chi connectivity index (χ4n) is 2.66. The average Bonchev–Trinajstić information content (AvgIpc) is 2.63. The first-order valence-corrected chi connectivity index (χ1v) is 7.75. The third-order valence-corrected chi connectivity index (χ3v) is 4.05. The Balaban J connectivity index is 1.68.